The van der Waals surface area contributed by atoms with Gasteiger partial charge in [-0.25, -0.2) is 0 Å². The summed E-state index contributed by atoms with van der Waals surface area (Å²) in [5.74, 6) is 0.744. The lowest BCUT2D eigenvalue weighted by Crippen LogP contribution is -2.53. The van der Waals surface area contributed by atoms with Gasteiger partial charge < -0.3 is 9.80 Å². The molecule has 120 valence electrons. The lowest BCUT2D eigenvalue weighted by atomic mass is 10.0. The molecule has 2 aliphatic heterocycles. The van der Waals surface area contributed by atoms with Gasteiger partial charge in [-0.1, -0.05) is 27.7 Å². The summed E-state index contributed by atoms with van der Waals surface area (Å²) in [6.07, 6.45) is 0. The normalized spacial score (nSPS) is 34.5. The van der Waals surface area contributed by atoms with Crippen molar-refractivity contribution in [1.29, 1.82) is 0 Å². The summed E-state index contributed by atoms with van der Waals surface area (Å²) in [5, 5.41) is 0. The summed E-state index contributed by atoms with van der Waals surface area (Å²) in [4.78, 5) is 33.1. The fraction of sp³-hybridized carbons (Fsp3) is 0.867. The molecule has 0 aromatic rings. The van der Waals surface area contributed by atoms with Gasteiger partial charge in [-0.3, -0.25) is 19.4 Å². The number of carbonyl (C=O) groups is 2. The molecule has 2 unspecified atom stereocenters. The number of hydrogen-bond donors (Lipinski definition) is 0. The van der Waals surface area contributed by atoms with Crippen LogP contribution in [0.25, 0.3) is 0 Å². The third-order valence-corrected chi connectivity index (χ3v) is 4.46. The lowest BCUT2D eigenvalue weighted by Gasteiger charge is -2.34. The first-order chi connectivity index (χ1) is 9.73. The number of amides is 2. The summed E-state index contributed by atoms with van der Waals surface area (Å²) in [5.41, 5.74) is 0. The van der Waals surface area contributed by atoms with Crippen molar-refractivity contribution in [2.45, 2.75) is 39.8 Å². The monoisotopic (exact) mass is 296 g/mol. The molecule has 0 spiro atoms. The molecule has 2 fully saturated rings. The van der Waals surface area contributed by atoms with E-state index in [2.05, 4.69) is 37.5 Å². The second kappa shape index (κ2) is 5.93. The van der Waals surface area contributed by atoms with Crippen molar-refractivity contribution in [2.75, 3.05) is 34.1 Å². The van der Waals surface area contributed by atoms with E-state index < -0.39 is 0 Å². The molecule has 0 aromatic heterocycles. The molecule has 0 radical (unpaired) electrons. The van der Waals surface area contributed by atoms with Gasteiger partial charge in [0.25, 0.3) is 0 Å². The average Bonchev–Trinajstić information content (AvgIpc) is 2.54. The highest BCUT2D eigenvalue weighted by atomic mass is 16.2. The first kappa shape index (κ1) is 16.2. The van der Waals surface area contributed by atoms with Crippen LogP contribution >= 0.6 is 0 Å². The van der Waals surface area contributed by atoms with Crippen LogP contribution in [-0.4, -0.2) is 77.6 Å². The zero-order valence-corrected chi connectivity index (χ0v) is 14.0. The Morgan fingerprint density at radius 1 is 0.762 bits per heavy atom. The number of carbonyl (C=O) groups excluding carboxylic acids is 2. The summed E-state index contributed by atoms with van der Waals surface area (Å²) in [6, 6.07) is -0.331. The number of fused-ring (bicyclic) bond motifs is 2. The van der Waals surface area contributed by atoms with E-state index in [9.17, 15) is 9.59 Å². The summed E-state index contributed by atoms with van der Waals surface area (Å²) < 4.78 is 0. The predicted octanol–water partition coefficient (Wildman–Crippen LogP) is 0.456. The molecule has 0 aromatic carbocycles. The molecule has 6 nitrogen and oxygen atoms in total. The summed E-state index contributed by atoms with van der Waals surface area (Å²) in [7, 11) is 3.67. The fourth-order valence-electron chi connectivity index (χ4n) is 3.54. The molecule has 2 heterocycles. The van der Waals surface area contributed by atoms with Crippen LogP contribution in [0, 0.1) is 11.8 Å². The van der Waals surface area contributed by atoms with E-state index in [0.717, 1.165) is 0 Å². The highest BCUT2D eigenvalue weighted by Crippen LogP contribution is 2.25. The van der Waals surface area contributed by atoms with E-state index in [1.165, 1.54) is 0 Å². The molecule has 0 N–H and O–H groups in total. The van der Waals surface area contributed by atoms with E-state index in [0.29, 0.717) is 20.0 Å². The van der Waals surface area contributed by atoms with Crippen LogP contribution in [0.3, 0.4) is 0 Å². The van der Waals surface area contributed by atoms with E-state index >= 15 is 0 Å². The Balaban J connectivity index is 2.41. The maximum absolute atomic E-state index is 12.7. The minimum atomic E-state index is -0.166. The van der Waals surface area contributed by atoms with Gasteiger partial charge in [0.15, 0.2) is 0 Å². The van der Waals surface area contributed by atoms with Gasteiger partial charge in [-0.05, 0) is 11.8 Å². The van der Waals surface area contributed by atoms with Gasteiger partial charge in [0.2, 0.25) is 11.8 Å². The van der Waals surface area contributed by atoms with Crippen molar-refractivity contribution in [2.24, 2.45) is 11.8 Å². The second-order valence-electron chi connectivity index (χ2n) is 7.05. The standard InChI is InChI=1S/C15H28N4O2/c1-10(2)12-14(20)16(5)8-19-9-18(12)7-17(6)15(21)13(19)11(3)4/h10-13H,7-9H2,1-6H3/t12-,13-/m0/s1. The minimum Gasteiger partial charge on any atom is -0.331 e. The van der Waals surface area contributed by atoms with E-state index in [4.69, 9.17) is 0 Å². The molecule has 2 bridgehead atoms. The highest BCUT2D eigenvalue weighted by Gasteiger charge is 2.43. The third-order valence-electron chi connectivity index (χ3n) is 4.46. The van der Waals surface area contributed by atoms with Crippen LogP contribution in [0.5, 0.6) is 0 Å². The van der Waals surface area contributed by atoms with Gasteiger partial charge >= 0.3 is 0 Å². The first-order valence-corrected chi connectivity index (χ1v) is 7.72. The first-order valence-electron chi connectivity index (χ1n) is 7.72. The molecule has 2 amide bonds. The zero-order chi connectivity index (χ0) is 15.9. The van der Waals surface area contributed by atoms with Crippen LogP contribution in [-0.2, 0) is 9.59 Å². The van der Waals surface area contributed by atoms with E-state index in [1.54, 1.807) is 9.80 Å². The van der Waals surface area contributed by atoms with Gasteiger partial charge in [0, 0.05) is 14.1 Å². The molecule has 2 saturated heterocycles. The van der Waals surface area contributed by atoms with E-state index in [1.807, 2.05) is 14.1 Å². The second-order valence-corrected chi connectivity index (χ2v) is 7.05. The molecule has 21 heavy (non-hydrogen) atoms. The largest absolute Gasteiger partial charge is 0.331 e. The number of hydrogen-bond acceptors (Lipinski definition) is 4. The number of rotatable bonds is 2. The highest BCUT2D eigenvalue weighted by molar-refractivity contribution is 5.84. The topological polar surface area (TPSA) is 47.1 Å². The Kier molecular flexibility index (Phi) is 4.58. The van der Waals surface area contributed by atoms with Crippen LogP contribution in [0.1, 0.15) is 27.7 Å². The Morgan fingerprint density at radius 3 is 1.38 bits per heavy atom. The Morgan fingerprint density at radius 2 is 1.10 bits per heavy atom. The van der Waals surface area contributed by atoms with Crippen molar-refractivity contribution in [3.8, 4) is 0 Å². The average molecular weight is 296 g/mol. The van der Waals surface area contributed by atoms with Gasteiger partial charge in [-0.15, -0.1) is 0 Å². The molecule has 0 saturated carbocycles. The molecular weight excluding hydrogens is 268 g/mol. The molecular formula is C15H28N4O2. The van der Waals surface area contributed by atoms with Gasteiger partial charge in [0.05, 0.1) is 32.1 Å². The van der Waals surface area contributed by atoms with Crippen LogP contribution in [0.2, 0.25) is 0 Å². The molecule has 6 heteroatoms. The van der Waals surface area contributed by atoms with Crippen molar-refractivity contribution >= 4 is 11.8 Å². The van der Waals surface area contributed by atoms with Crippen molar-refractivity contribution in [3.05, 3.63) is 0 Å². The minimum absolute atomic E-state index is 0.151. The zero-order valence-electron chi connectivity index (χ0n) is 14.0. The molecule has 0 aliphatic carbocycles. The van der Waals surface area contributed by atoms with Crippen molar-refractivity contribution in [1.82, 2.24) is 19.6 Å². The molecule has 2 aliphatic rings. The Bertz CT molecular complexity index is 386. The van der Waals surface area contributed by atoms with E-state index in [-0.39, 0.29) is 35.7 Å². The van der Waals surface area contributed by atoms with Gasteiger partial charge in [0.1, 0.15) is 0 Å². The number of likely N-dealkylation sites (N-methyl/N-ethyl adjacent to an activating group) is 2. The quantitative estimate of drug-likeness (QED) is 0.742. The van der Waals surface area contributed by atoms with Crippen molar-refractivity contribution in [3.63, 3.8) is 0 Å². The molecule has 2 rings (SSSR count). The number of nitrogens with zero attached hydrogens (tertiary/aromatic N) is 4. The lowest BCUT2D eigenvalue weighted by molar-refractivity contribution is -0.143. The van der Waals surface area contributed by atoms with Crippen LogP contribution in [0.4, 0.5) is 0 Å². The van der Waals surface area contributed by atoms with Crippen LogP contribution < -0.4 is 0 Å². The smallest absolute Gasteiger partial charge is 0.241 e. The van der Waals surface area contributed by atoms with Crippen molar-refractivity contribution < 1.29 is 9.59 Å². The maximum atomic E-state index is 12.7. The Labute approximate surface area is 127 Å². The summed E-state index contributed by atoms with van der Waals surface area (Å²) in [6.45, 7) is 9.97. The SMILES string of the molecule is CC(C)[C@H]1C(=O)N(C)CN2CN1CN(C)C(=O)[C@@H]2C(C)C. The fourth-order valence-corrected chi connectivity index (χ4v) is 3.54. The third kappa shape index (κ3) is 2.92. The predicted molar refractivity (Wildman–Crippen MR) is 81.1 cm³/mol. The summed E-state index contributed by atoms with van der Waals surface area (Å²) >= 11 is 0. The maximum Gasteiger partial charge on any atom is 0.241 e. The van der Waals surface area contributed by atoms with Gasteiger partial charge in [-0.2, -0.15) is 0 Å². The molecule has 4 atom stereocenters. The van der Waals surface area contributed by atoms with Crippen LogP contribution in [0.15, 0.2) is 0 Å². The Hall–Kier alpha value is -1.14.